The first kappa shape index (κ1) is 32.9. The third kappa shape index (κ3) is 8.33. The molecule has 0 aromatic heterocycles. The molecular weight excluding hydrogens is 660 g/mol. The predicted molar refractivity (Wildman–Crippen MR) is 163 cm³/mol. The van der Waals surface area contributed by atoms with Crippen LogP contribution >= 0.6 is 27.7 Å². The highest BCUT2D eigenvalue weighted by Gasteiger charge is 2.53. The van der Waals surface area contributed by atoms with Gasteiger partial charge in [0.2, 0.25) is 0 Å². The normalized spacial score (nSPS) is 24.0. The molecule has 2 heterocycles. The maximum Gasteiger partial charge on any atom is 0.303 e. The van der Waals surface area contributed by atoms with Crippen molar-refractivity contribution in [3.05, 3.63) is 70.3 Å². The summed E-state index contributed by atoms with van der Waals surface area (Å²) >= 11 is 4.32. The van der Waals surface area contributed by atoms with Crippen LogP contribution < -0.4 is 4.90 Å². The van der Waals surface area contributed by atoms with Gasteiger partial charge in [-0.1, -0.05) is 58.0 Å². The number of benzene rings is 2. The lowest BCUT2D eigenvalue weighted by Crippen LogP contribution is -2.61. The van der Waals surface area contributed by atoms with Gasteiger partial charge in [0.15, 0.2) is 28.9 Å². The van der Waals surface area contributed by atoms with Crippen LogP contribution in [0.1, 0.15) is 33.3 Å². The summed E-state index contributed by atoms with van der Waals surface area (Å²) in [4.78, 5) is 67.9. The Morgan fingerprint density at radius 2 is 1.45 bits per heavy atom. The number of carbonyl (C=O) groups is 5. The second kappa shape index (κ2) is 14.6. The average Bonchev–Trinajstić information content (AvgIpc) is 3.25. The molecule has 0 spiro atoms. The quantitative estimate of drug-likeness (QED) is 0.225. The van der Waals surface area contributed by atoms with E-state index in [-0.39, 0.29) is 17.5 Å². The molecular formula is C30H29BrN2O10S. The van der Waals surface area contributed by atoms with Gasteiger partial charge < -0.3 is 23.7 Å². The van der Waals surface area contributed by atoms with Crippen molar-refractivity contribution in [2.75, 3.05) is 11.5 Å². The first-order valence-electron chi connectivity index (χ1n) is 13.4. The Balaban J connectivity index is 1.79. The number of ether oxygens (including phenoxy) is 5. The lowest BCUT2D eigenvalue weighted by Gasteiger charge is -2.44. The molecule has 4 rings (SSSR count). The van der Waals surface area contributed by atoms with E-state index in [2.05, 4.69) is 20.9 Å². The Hall–Kier alpha value is -4.01. The van der Waals surface area contributed by atoms with E-state index in [1.54, 1.807) is 30.3 Å². The van der Waals surface area contributed by atoms with Crippen molar-refractivity contribution in [1.82, 2.24) is 0 Å². The van der Waals surface area contributed by atoms with Crippen LogP contribution in [0.25, 0.3) is 6.08 Å². The van der Waals surface area contributed by atoms with E-state index >= 15 is 0 Å². The third-order valence-electron chi connectivity index (χ3n) is 6.19. The molecule has 5 atom stereocenters. The predicted octanol–water partition coefficient (Wildman–Crippen LogP) is 4.01. The van der Waals surface area contributed by atoms with E-state index in [0.29, 0.717) is 5.69 Å². The molecule has 0 saturated carbocycles. The molecule has 14 heteroatoms. The maximum atomic E-state index is 13.7. The molecule has 1 amide bonds. The number of rotatable bonds is 8. The lowest BCUT2D eigenvalue weighted by atomic mass is 9.99. The van der Waals surface area contributed by atoms with Crippen LogP contribution in [0.4, 0.5) is 5.69 Å². The van der Waals surface area contributed by atoms with Crippen molar-refractivity contribution < 1.29 is 47.7 Å². The average molecular weight is 690 g/mol. The second-order valence-electron chi connectivity index (χ2n) is 9.64. The van der Waals surface area contributed by atoms with E-state index in [0.717, 1.165) is 42.6 Å². The van der Waals surface area contributed by atoms with Crippen molar-refractivity contribution in [1.29, 1.82) is 0 Å². The van der Waals surface area contributed by atoms with Gasteiger partial charge in [-0.3, -0.25) is 28.9 Å². The van der Waals surface area contributed by atoms with Crippen LogP contribution in [-0.2, 0) is 47.7 Å². The van der Waals surface area contributed by atoms with Gasteiger partial charge in [0.25, 0.3) is 5.91 Å². The fourth-order valence-electron chi connectivity index (χ4n) is 4.49. The zero-order valence-corrected chi connectivity index (χ0v) is 26.5. The molecule has 2 aromatic rings. The minimum absolute atomic E-state index is 0.132. The Morgan fingerprint density at radius 3 is 2.05 bits per heavy atom. The lowest BCUT2D eigenvalue weighted by molar-refractivity contribution is -0.237. The molecule has 0 aliphatic carbocycles. The number of thioether (sulfide) groups is 1. The summed E-state index contributed by atoms with van der Waals surface area (Å²) in [7, 11) is 0. The van der Waals surface area contributed by atoms with Gasteiger partial charge in [-0.2, -0.15) is 0 Å². The zero-order chi connectivity index (χ0) is 32.0. The number of esters is 4. The van der Waals surface area contributed by atoms with Gasteiger partial charge in [-0.05, 0) is 35.9 Å². The van der Waals surface area contributed by atoms with Crippen LogP contribution in [0.2, 0.25) is 0 Å². The van der Waals surface area contributed by atoms with E-state index in [4.69, 9.17) is 23.7 Å². The SMILES string of the molecule is CC(=O)OC[C@H]1O[C@@H](SC2=N/C(=C\c3ccccc3)C(=O)N2c2ccc(Br)cc2)[C@H](OC(C)=O)[C@@H](OC(C)=O)[C@@H]1OC(C)=O. The van der Waals surface area contributed by atoms with Crippen LogP contribution in [0, 0.1) is 0 Å². The Morgan fingerprint density at radius 1 is 0.864 bits per heavy atom. The van der Waals surface area contributed by atoms with Crippen molar-refractivity contribution in [3.8, 4) is 0 Å². The van der Waals surface area contributed by atoms with Gasteiger partial charge >= 0.3 is 23.9 Å². The van der Waals surface area contributed by atoms with Gasteiger partial charge in [-0.15, -0.1) is 0 Å². The molecule has 1 saturated heterocycles. The highest BCUT2D eigenvalue weighted by Crippen LogP contribution is 2.39. The highest BCUT2D eigenvalue weighted by atomic mass is 79.9. The maximum absolute atomic E-state index is 13.7. The molecule has 1 fully saturated rings. The fraction of sp³-hybridized carbons (Fsp3) is 0.333. The zero-order valence-electron chi connectivity index (χ0n) is 24.1. The monoisotopic (exact) mass is 688 g/mol. The van der Waals surface area contributed by atoms with Gasteiger partial charge in [0.05, 0.1) is 5.69 Å². The Bertz CT molecular complexity index is 1480. The number of hydrogen-bond acceptors (Lipinski definition) is 12. The minimum atomic E-state index is -1.36. The van der Waals surface area contributed by atoms with Crippen LogP contribution in [0.15, 0.2) is 69.8 Å². The van der Waals surface area contributed by atoms with Gasteiger partial charge in [0.1, 0.15) is 18.4 Å². The number of carbonyl (C=O) groups excluding carboxylic acids is 5. The summed E-state index contributed by atoms with van der Waals surface area (Å²) in [6, 6.07) is 16.1. The standard InChI is InChI=1S/C30H29BrN2O10S/c1-16(34)39-15-24-25(40-17(2)35)26(41-18(3)36)27(42-19(4)37)29(43-24)44-30-32-23(14-20-8-6-5-7-9-20)28(38)33(30)22-12-10-21(31)11-13-22/h5-14,24-27,29H,15H2,1-4H3/b23-14-/t24-,25-,26+,27-,29+/m1/s1. The molecule has 2 aliphatic rings. The van der Waals surface area contributed by atoms with Crippen LogP contribution in [0.3, 0.4) is 0 Å². The first-order valence-corrected chi connectivity index (χ1v) is 15.0. The molecule has 0 unspecified atom stereocenters. The van der Waals surface area contributed by atoms with E-state index in [1.807, 2.05) is 30.3 Å². The first-order chi connectivity index (χ1) is 20.9. The van der Waals surface area contributed by atoms with Gasteiger partial charge in [-0.25, -0.2) is 4.99 Å². The van der Waals surface area contributed by atoms with Crippen molar-refractivity contribution >= 4 is 74.4 Å². The Labute approximate surface area is 265 Å². The van der Waals surface area contributed by atoms with Crippen molar-refractivity contribution in [3.63, 3.8) is 0 Å². The molecule has 0 bridgehead atoms. The van der Waals surface area contributed by atoms with Crippen molar-refractivity contribution in [2.45, 2.75) is 57.5 Å². The number of nitrogens with zero attached hydrogens (tertiary/aromatic N) is 2. The molecule has 0 N–H and O–H groups in total. The largest absolute Gasteiger partial charge is 0.463 e. The van der Waals surface area contributed by atoms with Crippen LogP contribution in [-0.4, -0.2) is 71.4 Å². The van der Waals surface area contributed by atoms with E-state index < -0.39 is 59.6 Å². The highest BCUT2D eigenvalue weighted by molar-refractivity contribution is 9.10. The summed E-state index contributed by atoms with van der Waals surface area (Å²) in [5.74, 6) is -3.28. The molecule has 232 valence electrons. The number of amides is 1. The summed E-state index contributed by atoms with van der Waals surface area (Å²) in [6.45, 7) is 4.26. The number of hydrogen-bond donors (Lipinski definition) is 0. The van der Waals surface area contributed by atoms with Gasteiger partial charge in [0, 0.05) is 32.2 Å². The third-order valence-corrected chi connectivity index (χ3v) is 7.81. The summed E-state index contributed by atoms with van der Waals surface area (Å²) < 4.78 is 28.7. The molecule has 44 heavy (non-hydrogen) atoms. The molecule has 2 aromatic carbocycles. The number of aliphatic imine (C=N–C) groups is 1. The summed E-state index contributed by atoms with van der Waals surface area (Å²) in [5, 5.41) is 0.167. The molecule has 0 radical (unpaired) electrons. The Kier molecular flexibility index (Phi) is 10.9. The number of amidine groups is 1. The van der Waals surface area contributed by atoms with Crippen molar-refractivity contribution in [2.24, 2.45) is 4.99 Å². The fourth-order valence-corrected chi connectivity index (χ4v) is 5.95. The minimum Gasteiger partial charge on any atom is -0.463 e. The topological polar surface area (TPSA) is 147 Å². The van der Waals surface area contributed by atoms with Crippen LogP contribution in [0.5, 0.6) is 0 Å². The number of halogens is 1. The molecule has 12 nitrogen and oxygen atoms in total. The van der Waals surface area contributed by atoms with E-state index in [1.165, 1.54) is 11.8 Å². The molecule has 2 aliphatic heterocycles. The summed E-state index contributed by atoms with van der Waals surface area (Å²) in [5.41, 5.74) is 0.198. The number of anilines is 1. The smallest absolute Gasteiger partial charge is 0.303 e. The second-order valence-corrected chi connectivity index (χ2v) is 11.6. The summed E-state index contributed by atoms with van der Waals surface area (Å²) in [6.07, 6.45) is -3.50. The van der Waals surface area contributed by atoms with E-state index in [9.17, 15) is 24.0 Å².